The fourth-order valence-electron chi connectivity index (χ4n) is 1.46. The molecule has 0 aliphatic carbocycles. The summed E-state index contributed by atoms with van der Waals surface area (Å²) in [5, 5.41) is 0.165. The molecule has 5 heteroatoms. The van der Waals surface area contributed by atoms with Crippen molar-refractivity contribution in [1.29, 1.82) is 0 Å². The van der Waals surface area contributed by atoms with Crippen LogP contribution in [0.25, 0.3) is 0 Å². The zero-order chi connectivity index (χ0) is 12.8. The van der Waals surface area contributed by atoms with E-state index in [-0.39, 0.29) is 17.3 Å². The molecule has 0 radical (unpaired) electrons. The average Bonchev–Trinajstić information content (AvgIpc) is 2.65. The van der Waals surface area contributed by atoms with E-state index in [0.717, 1.165) is 0 Å². The monoisotopic (exact) mass is 273 g/mol. The number of rotatable bonds is 6. The lowest BCUT2D eigenvalue weighted by molar-refractivity contribution is -0.139. The van der Waals surface area contributed by atoms with Gasteiger partial charge in [-0.3, -0.25) is 4.79 Å². The van der Waals surface area contributed by atoms with E-state index in [1.165, 1.54) is 9.75 Å². The standard InChI is InChI=1S/C12H19NO2S2/c1-4-15-11(14)7-16-12(9(3)13)10-6-5-8(2)17-10/h5-6,9,12H,4,7,13H2,1-3H3. The summed E-state index contributed by atoms with van der Waals surface area (Å²) in [6.07, 6.45) is 0. The molecule has 0 fully saturated rings. The lowest BCUT2D eigenvalue weighted by atomic mass is 10.2. The van der Waals surface area contributed by atoms with Gasteiger partial charge in [-0.2, -0.15) is 0 Å². The summed E-state index contributed by atoms with van der Waals surface area (Å²) in [5.41, 5.74) is 5.97. The second kappa shape index (κ2) is 7.03. The fourth-order valence-corrected chi connectivity index (χ4v) is 3.73. The van der Waals surface area contributed by atoms with E-state index >= 15 is 0 Å². The Hall–Kier alpha value is -0.520. The van der Waals surface area contributed by atoms with Gasteiger partial charge in [0, 0.05) is 15.8 Å². The van der Waals surface area contributed by atoms with Gasteiger partial charge in [0.15, 0.2) is 0 Å². The number of thiophene rings is 1. The van der Waals surface area contributed by atoms with Crippen LogP contribution in [0, 0.1) is 6.92 Å². The molecule has 0 aliphatic heterocycles. The van der Waals surface area contributed by atoms with Gasteiger partial charge < -0.3 is 10.5 Å². The van der Waals surface area contributed by atoms with Gasteiger partial charge in [-0.25, -0.2) is 0 Å². The number of aryl methyl sites for hydroxylation is 1. The van der Waals surface area contributed by atoms with E-state index in [9.17, 15) is 4.79 Å². The summed E-state index contributed by atoms with van der Waals surface area (Å²) in [7, 11) is 0. The van der Waals surface area contributed by atoms with Gasteiger partial charge >= 0.3 is 5.97 Å². The molecular formula is C12H19NO2S2. The molecule has 0 aromatic carbocycles. The van der Waals surface area contributed by atoms with Crippen LogP contribution in [-0.2, 0) is 9.53 Å². The Bertz CT molecular complexity index is 363. The van der Waals surface area contributed by atoms with Crippen molar-refractivity contribution in [2.75, 3.05) is 12.4 Å². The number of ether oxygens (including phenoxy) is 1. The second-order valence-corrected chi connectivity index (χ2v) is 6.29. The number of thioether (sulfide) groups is 1. The van der Waals surface area contributed by atoms with E-state index < -0.39 is 0 Å². The lowest BCUT2D eigenvalue weighted by Gasteiger charge is -2.18. The molecule has 2 N–H and O–H groups in total. The maximum atomic E-state index is 11.3. The second-order valence-electron chi connectivity index (χ2n) is 3.84. The summed E-state index contributed by atoms with van der Waals surface area (Å²) in [6, 6.07) is 4.19. The Balaban J connectivity index is 2.58. The fraction of sp³-hybridized carbons (Fsp3) is 0.583. The Kier molecular flexibility index (Phi) is 6.02. The minimum Gasteiger partial charge on any atom is -0.465 e. The highest BCUT2D eigenvalue weighted by Gasteiger charge is 2.20. The number of carbonyl (C=O) groups excluding carboxylic acids is 1. The van der Waals surface area contributed by atoms with E-state index in [0.29, 0.717) is 12.4 Å². The zero-order valence-electron chi connectivity index (χ0n) is 10.4. The summed E-state index contributed by atoms with van der Waals surface area (Å²) < 4.78 is 4.92. The van der Waals surface area contributed by atoms with Gasteiger partial charge in [0.25, 0.3) is 0 Å². The van der Waals surface area contributed by atoms with Crippen molar-refractivity contribution in [2.24, 2.45) is 5.73 Å². The van der Waals surface area contributed by atoms with Crippen LogP contribution >= 0.6 is 23.1 Å². The minimum atomic E-state index is -0.170. The molecule has 1 aromatic rings. The van der Waals surface area contributed by atoms with Crippen LogP contribution in [0.5, 0.6) is 0 Å². The van der Waals surface area contributed by atoms with Crippen molar-refractivity contribution in [3.8, 4) is 0 Å². The van der Waals surface area contributed by atoms with Crippen LogP contribution < -0.4 is 5.73 Å². The van der Waals surface area contributed by atoms with Crippen molar-refractivity contribution in [1.82, 2.24) is 0 Å². The van der Waals surface area contributed by atoms with E-state index in [4.69, 9.17) is 10.5 Å². The molecule has 1 heterocycles. The van der Waals surface area contributed by atoms with Gasteiger partial charge in [-0.15, -0.1) is 23.1 Å². The van der Waals surface area contributed by atoms with E-state index in [2.05, 4.69) is 19.1 Å². The first-order valence-corrected chi connectivity index (χ1v) is 7.50. The largest absolute Gasteiger partial charge is 0.465 e. The van der Waals surface area contributed by atoms with Gasteiger partial charge in [-0.05, 0) is 32.9 Å². The molecule has 0 amide bonds. The number of hydrogen-bond donors (Lipinski definition) is 1. The Morgan fingerprint density at radius 3 is 2.76 bits per heavy atom. The van der Waals surface area contributed by atoms with Gasteiger partial charge in [0.1, 0.15) is 0 Å². The Morgan fingerprint density at radius 1 is 1.59 bits per heavy atom. The first-order valence-electron chi connectivity index (χ1n) is 5.63. The number of carbonyl (C=O) groups is 1. The normalized spacial score (nSPS) is 14.4. The third-order valence-electron chi connectivity index (χ3n) is 2.21. The molecule has 2 atom stereocenters. The summed E-state index contributed by atoms with van der Waals surface area (Å²) in [4.78, 5) is 13.8. The van der Waals surface area contributed by atoms with Crippen LogP contribution in [0.3, 0.4) is 0 Å². The van der Waals surface area contributed by atoms with Gasteiger partial charge in [0.2, 0.25) is 0 Å². The molecule has 3 nitrogen and oxygen atoms in total. The predicted molar refractivity (Wildman–Crippen MR) is 74.5 cm³/mol. The highest BCUT2D eigenvalue weighted by molar-refractivity contribution is 8.00. The zero-order valence-corrected chi connectivity index (χ0v) is 12.1. The van der Waals surface area contributed by atoms with Crippen molar-refractivity contribution in [2.45, 2.75) is 32.1 Å². The molecule has 96 valence electrons. The van der Waals surface area contributed by atoms with E-state index in [1.54, 1.807) is 23.1 Å². The molecule has 1 rings (SSSR count). The lowest BCUT2D eigenvalue weighted by Crippen LogP contribution is -2.23. The topological polar surface area (TPSA) is 52.3 Å². The molecule has 0 saturated heterocycles. The van der Waals surface area contributed by atoms with Crippen LogP contribution in [-0.4, -0.2) is 24.4 Å². The van der Waals surface area contributed by atoms with Crippen LogP contribution in [0.2, 0.25) is 0 Å². The van der Waals surface area contributed by atoms with Gasteiger partial charge in [-0.1, -0.05) is 0 Å². The van der Waals surface area contributed by atoms with Crippen LogP contribution in [0.4, 0.5) is 0 Å². The number of nitrogens with two attached hydrogens (primary N) is 1. The van der Waals surface area contributed by atoms with Crippen molar-refractivity contribution in [3.63, 3.8) is 0 Å². The van der Waals surface area contributed by atoms with Crippen molar-refractivity contribution < 1.29 is 9.53 Å². The van der Waals surface area contributed by atoms with Crippen molar-refractivity contribution in [3.05, 3.63) is 21.9 Å². The summed E-state index contributed by atoms with van der Waals surface area (Å²) in [6.45, 7) is 6.29. The average molecular weight is 273 g/mol. The number of esters is 1. The SMILES string of the molecule is CCOC(=O)CSC(c1ccc(C)s1)C(C)N. The highest BCUT2D eigenvalue weighted by atomic mass is 32.2. The molecule has 0 aliphatic rings. The first kappa shape index (κ1) is 14.5. The molecule has 1 aromatic heterocycles. The van der Waals surface area contributed by atoms with Crippen LogP contribution in [0.15, 0.2) is 12.1 Å². The van der Waals surface area contributed by atoms with Gasteiger partial charge in [0.05, 0.1) is 17.6 Å². The quantitative estimate of drug-likeness (QED) is 0.810. The summed E-state index contributed by atoms with van der Waals surface area (Å²) in [5.74, 6) is 0.188. The summed E-state index contributed by atoms with van der Waals surface area (Å²) >= 11 is 3.29. The number of hydrogen-bond acceptors (Lipinski definition) is 5. The molecule has 2 unspecified atom stereocenters. The van der Waals surface area contributed by atoms with Crippen molar-refractivity contribution >= 4 is 29.1 Å². The maximum Gasteiger partial charge on any atom is 0.315 e. The Morgan fingerprint density at radius 2 is 2.29 bits per heavy atom. The van der Waals surface area contributed by atoms with E-state index in [1.807, 2.05) is 13.8 Å². The minimum absolute atomic E-state index is 0.0208. The Labute approximate surface area is 111 Å². The molecular weight excluding hydrogens is 254 g/mol. The molecule has 0 spiro atoms. The smallest absolute Gasteiger partial charge is 0.315 e. The molecule has 17 heavy (non-hydrogen) atoms. The first-order chi connectivity index (χ1) is 8.04. The molecule has 0 saturated carbocycles. The molecule has 0 bridgehead atoms. The third kappa shape index (κ3) is 4.69. The highest BCUT2D eigenvalue weighted by Crippen LogP contribution is 2.35. The van der Waals surface area contributed by atoms with Crippen LogP contribution in [0.1, 0.15) is 28.9 Å². The predicted octanol–water partition coefficient (Wildman–Crippen LogP) is 2.74. The third-order valence-corrected chi connectivity index (χ3v) is 4.88. The maximum absolute atomic E-state index is 11.3.